The summed E-state index contributed by atoms with van der Waals surface area (Å²) in [6, 6.07) is 6.35. The monoisotopic (exact) mass is 456 g/mol. The van der Waals surface area contributed by atoms with E-state index in [9.17, 15) is 9.18 Å². The molecule has 0 aliphatic heterocycles. The minimum absolute atomic E-state index is 0.205. The quantitative estimate of drug-likeness (QED) is 0.376. The van der Waals surface area contributed by atoms with Crippen molar-refractivity contribution in [3.05, 3.63) is 58.0 Å². The Hall–Kier alpha value is -2.45. The molecule has 0 aromatic carbocycles. The number of halogens is 1. The van der Waals surface area contributed by atoms with E-state index in [1.54, 1.807) is 22.9 Å². The maximum absolute atomic E-state index is 14.9. The standard InChI is InChI=1S/C24H33FN4O2Si/c1-32(2,3)11-10-31-16-29-18(15-28-9-5-8-21(26)24(28)30)13-22-23(29)19(20(25)14-27-22)12-17-6-4-7-17/h5,8-9,13-14,17H,4,6-7,10-12,15-16,26H2,1-3H3. The van der Waals surface area contributed by atoms with Gasteiger partial charge in [-0.1, -0.05) is 38.9 Å². The molecular formula is C24H33FN4O2Si. The van der Waals surface area contributed by atoms with Gasteiger partial charge in [-0.05, 0) is 36.6 Å². The topological polar surface area (TPSA) is 75.1 Å². The van der Waals surface area contributed by atoms with Gasteiger partial charge in [0.15, 0.2) is 0 Å². The van der Waals surface area contributed by atoms with Crippen LogP contribution in [0.5, 0.6) is 0 Å². The van der Waals surface area contributed by atoms with E-state index in [1.165, 1.54) is 12.6 Å². The summed E-state index contributed by atoms with van der Waals surface area (Å²) in [6.07, 6.45) is 7.25. The molecule has 8 heteroatoms. The van der Waals surface area contributed by atoms with Crippen LogP contribution in [0, 0.1) is 11.7 Å². The van der Waals surface area contributed by atoms with Gasteiger partial charge in [-0.2, -0.15) is 0 Å². The number of nitrogen functional groups attached to an aromatic ring is 1. The molecule has 0 bridgehead atoms. The lowest BCUT2D eigenvalue weighted by Gasteiger charge is -2.26. The molecule has 0 atom stereocenters. The number of anilines is 1. The first kappa shape index (κ1) is 22.7. The highest BCUT2D eigenvalue weighted by Crippen LogP contribution is 2.34. The van der Waals surface area contributed by atoms with Crippen LogP contribution in [0.1, 0.15) is 30.5 Å². The molecule has 1 aliphatic carbocycles. The largest absolute Gasteiger partial charge is 0.394 e. The molecule has 0 saturated heterocycles. The van der Waals surface area contributed by atoms with Crippen LogP contribution in [0.15, 0.2) is 35.4 Å². The predicted molar refractivity (Wildman–Crippen MR) is 129 cm³/mol. The molecule has 0 spiro atoms. The van der Waals surface area contributed by atoms with Crippen molar-refractivity contribution in [1.29, 1.82) is 0 Å². The molecule has 4 rings (SSSR count). The van der Waals surface area contributed by atoms with Crippen LogP contribution < -0.4 is 11.3 Å². The highest BCUT2D eigenvalue weighted by Gasteiger charge is 2.24. The Morgan fingerprint density at radius 1 is 1.31 bits per heavy atom. The second-order valence-electron chi connectivity index (χ2n) is 10.1. The van der Waals surface area contributed by atoms with Crippen LogP contribution >= 0.6 is 0 Å². The molecule has 6 nitrogen and oxygen atoms in total. The van der Waals surface area contributed by atoms with Crippen LogP contribution in [0.3, 0.4) is 0 Å². The molecule has 0 unspecified atom stereocenters. The van der Waals surface area contributed by atoms with Crippen molar-refractivity contribution in [2.75, 3.05) is 12.3 Å². The lowest BCUT2D eigenvalue weighted by atomic mass is 9.81. The van der Waals surface area contributed by atoms with Crippen LogP contribution in [-0.4, -0.2) is 28.8 Å². The lowest BCUT2D eigenvalue weighted by Crippen LogP contribution is -2.24. The summed E-state index contributed by atoms with van der Waals surface area (Å²) in [5.41, 5.74) is 8.88. The van der Waals surface area contributed by atoms with Gasteiger partial charge in [-0.25, -0.2) is 4.39 Å². The highest BCUT2D eigenvalue weighted by molar-refractivity contribution is 6.76. The first-order valence-electron chi connectivity index (χ1n) is 11.4. The third-order valence-electron chi connectivity index (χ3n) is 6.37. The number of ether oxygens (including phenoxy) is 1. The van der Waals surface area contributed by atoms with Gasteiger partial charge in [-0.3, -0.25) is 9.78 Å². The summed E-state index contributed by atoms with van der Waals surface area (Å²) in [7, 11) is -1.23. The third-order valence-corrected chi connectivity index (χ3v) is 8.07. The molecule has 3 aromatic rings. The predicted octanol–water partition coefficient (Wildman–Crippen LogP) is 4.62. The number of hydrogen-bond acceptors (Lipinski definition) is 4. The average Bonchev–Trinajstić information content (AvgIpc) is 3.03. The maximum atomic E-state index is 14.9. The smallest absolute Gasteiger partial charge is 0.274 e. The number of aromatic nitrogens is 3. The second kappa shape index (κ2) is 9.19. The van der Waals surface area contributed by atoms with Gasteiger partial charge in [0.05, 0.1) is 29.5 Å². The van der Waals surface area contributed by atoms with E-state index in [4.69, 9.17) is 10.5 Å². The van der Waals surface area contributed by atoms with Crippen molar-refractivity contribution < 1.29 is 9.13 Å². The van der Waals surface area contributed by atoms with E-state index in [2.05, 4.69) is 24.6 Å². The number of rotatable bonds is 9. The van der Waals surface area contributed by atoms with Gasteiger partial charge >= 0.3 is 0 Å². The summed E-state index contributed by atoms with van der Waals surface area (Å²) in [5, 5.41) is 0. The fourth-order valence-corrected chi connectivity index (χ4v) is 4.92. The van der Waals surface area contributed by atoms with E-state index in [-0.39, 0.29) is 17.1 Å². The fourth-order valence-electron chi connectivity index (χ4n) is 4.17. The van der Waals surface area contributed by atoms with Crippen molar-refractivity contribution in [2.45, 2.75) is 64.6 Å². The zero-order valence-corrected chi connectivity index (χ0v) is 20.2. The third kappa shape index (κ3) is 4.96. The molecule has 172 valence electrons. The number of pyridine rings is 2. The van der Waals surface area contributed by atoms with Gasteiger partial charge in [0.2, 0.25) is 0 Å². The zero-order valence-electron chi connectivity index (χ0n) is 19.2. The number of nitrogens with zero attached hydrogens (tertiary/aromatic N) is 3. The van der Waals surface area contributed by atoms with E-state index < -0.39 is 8.07 Å². The Labute approximate surface area is 189 Å². The minimum Gasteiger partial charge on any atom is -0.394 e. The van der Waals surface area contributed by atoms with Crippen molar-refractivity contribution in [3.63, 3.8) is 0 Å². The SMILES string of the molecule is C[Si](C)(C)CCOCn1c(Cn2cccc(N)c2=O)cc2ncc(F)c(CC3CCC3)c21. The Kier molecular flexibility index (Phi) is 6.53. The summed E-state index contributed by atoms with van der Waals surface area (Å²) in [4.78, 5) is 16.9. The molecule has 0 radical (unpaired) electrons. The Morgan fingerprint density at radius 2 is 2.09 bits per heavy atom. The Morgan fingerprint density at radius 3 is 2.78 bits per heavy atom. The highest BCUT2D eigenvalue weighted by atomic mass is 28.3. The Bertz CT molecular complexity index is 1160. The lowest BCUT2D eigenvalue weighted by molar-refractivity contribution is 0.0881. The van der Waals surface area contributed by atoms with Crippen molar-refractivity contribution in [1.82, 2.24) is 14.1 Å². The molecule has 3 aromatic heterocycles. The molecule has 0 amide bonds. The molecule has 1 aliphatic rings. The Balaban J connectivity index is 1.73. The van der Waals surface area contributed by atoms with Crippen molar-refractivity contribution in [3.8, 4) is 0 Å². The van der Waals surface area contributed by atoms with Crippen LogP contribution in [-0.2, 0) is 24.4 Å². The normalized spacial score (nSPS) is 14.8. The van der Waals surface area contributed by atoms with Crippen molar-refractivity contribution in [2.24, 2.45) is 5.92 Å². The van der Waals surface area contributed by atoms with Crippen molar-refractivity contribution >= 4 is 24.8 Å². The zero-order chi connectivity index (χ0) is 22.9. The van der Waals surface area contributed by atoms with Gasteiger partial charge in [0.25, 0.3) is 5.56 Å². The molecular weight excluding hydrogens is 423 g/mol. The first-order chi connectivity index (χ1) is 15.2. The van der Waals surface area contributed by atoms with Crippen LogP contribution in [0.2, 0.25) is 25.7 Å². The van der Waals surface area contributed by atoms with Gasteiger partial charge < -0.3 is 19.6 Å². The summed E-state index contributed by atoms with van der Waals surface area (Å²) in [6.45, 7) is 8.23. The fraction of sp³-hybridized carbons (Fsp3) is 0.500. The molecule has 1 saturated carbocycles. The number of hydrogen-bond donors (Lipinski definition) is 1. The summed E-state index contributed by atoms with van der Waals surface area (Å²) >= 11 is 0. The number of fused-ring (bicyclic) bond motifs is 1. The van der Waals surface area contributed by atoms with Gasteiger partial charge in [-0.15, -0.1) is 0 Å². The first-order valence-corrected chi connectivity index (χ1v) is 15.1. The van der Waals surface area contributed by atoms with E-state index in [0.29, 0.717) is 37.8 Å². The molecule has 1 fully saturated rings. The van der Waals surface area contributed by atoms with Crippen LogP contribution in [0.4, 0.5) is 10.1 Å². The maximum Gasteiger partial charge on any atom is 0.274 e. The molecule has 32 heavy (non-hydrogen) atoms. The number of nitrogens with two attached hydrogens (primary N) is 1. The summed E-state index contributed by atoms with van der Waals surface area (Å²) < 4.78 is 24.6. The average molecular weight is 457 g/mol. The molecule has 2 N–H and O–H groups in total. The van der Waals surface area contributed by atoms with Crippen LogP contribution in [0.25, 0.3) is 11.0 Å². The van der Waals surface area contributed by atoms with E-state index >= 15 is 0 Å². The van der Waals surface area contributed by atoms with E-state index in [1.807, 2.05) is 10.6 Å². The summed E-state index contributed by atoms with van der Waals surface area (Å²) in [5.74, 6) is 0.254. The van der Waals surface area contributed by atoms with Gasteiger partial charge in [0.1, 0.15) is 12.5 Å². The van der Waals surface area contributed by atoms with E-state index in [0.717, 1.165) is 35.6 Å². The second-order valence-corrected chi connectivity index (χ2v) is 15.7. The molecule has 3 heterocycles. The minimum atomic E-state index is -1.23. The van der Waals surface area contributed by atoms with Gasteiger partial charge in [0, 0.05) is 32.1 Å².